The number of hydrogen-bond donors (Lipinski definition) is 0. The fourth-order valence-corrected chi connectivity index (χ4v) is 3.45. The van der Waals surface area contributed by atoms with E-state index in [9.17, 15) is 4.79 Å². The molecule has 0 saturated carbocycles. The molecule has 4 nitrogen and oxygen atoms in total. The van der Waals surface area contributed by atoms with E-state index in [-0.39, 0.29) is 5.91 Å². The third kappa shape index (κ3) is 3.05. The number of fused-ring (bicyclic) bond motifs is 1. The van der Waals surface area contributed by atoms with Gasteiger partial charge in [0, 0.05) is 19.2 Å². The van der Waals surface area contributed by atoms with Gasteiger partial charge >= 0.3 is 0 Å². The van der Waals surface area contributed by atoms with Crippen molar-refractivity contribution in [1.82, 2.24) is 4.90 Å². The zero-order valence-electron chi connectivity index (χ0n) is 13.0. The Bertz CT molecular complexity index is 530. The Hall–Kier alpha value is -1.55. The van der Waals surface area contributed by atoms with Crippen LogP contribution in [-0.4, -0.2) is 44.1 Å². The second kappa shape index (κ2) is 6.06. The molecule has 2 aliphatic heterocycles. The van der Waals surface area contributed by atoms with Crippen LogP contribution in [0.15, 0.2) is 18.2 Å². The Morgan fingerprint density at radius 3 is 3.00 bits per heavy atom. The molecule has 0 radical (unpaired) electrons. The lowest BCUT2D eigenvalue weighted by molar-refractivity contribution is -0.120. The molecule has 2 aliphatic rings. The number of carbonyl (C=O) groups is 1. The van der Waals surface area contributed by atoms with Crippen molar-refractivity contribution in [3.05, 3.63) is 23.8 Å². The van der Waals surface area contributed by atoms with E-state index in [0.29, 0.717) is 12.5 Å². The fraction of sp³-hybridized carbons (Fsp3) is 0.588. The molecule has 0 N–H and O–H groups in total. The highest BCUT2D eigenvalue weighted by molar-refractivity contribution is 5.97. The first kappa shape index (κ1) is 14.4. The molecule has 0 unspecified atom stereocenters. The lowest BCUT2D eigenvalue weighted by Crippen LogP contribution is -2.43. The molecule has 1 aromatic rings. The summed E-state index contributed by atoms with van der Waals surface area (Å²) in [6.45, 7) is 5.71. The Morgan fingerprint density at radius 2 is 2.24 bits per heavy atom. The number of likely N-dealkylation sites (tertiary alicyclic amines) is 1. The number of rotatable bonds is 3. The lowest BCUT2D eigenvalue weighted by Gasteiger charge is -2.31. The molecule has 0 aliphatic carbocycles. The van der Waals surface area contributed by atoms with Gasteiger partial charge in [0.05, 0.1) is 19.3 Å². The monoisotopic (exact) mass is 288 g/mol. The number of benzene rings is 1. The third-order valence-corrected chi connectivity index (χ3v) is 4.59. The number of methoxy groups -OCH3 is 1. The number of ether oxygens (including phenoxy) is 1. The molecule has 2 heterocycles. The van der Waals surface area contributed by atoms with Crippen LogP contribution in [0.2, 0.25) is 0 Å². The smallest absolute Gasteiger partial charge is 0.241 e. The zero-order valence-corrected chi connectivity index (χ0v) is 13.0. The standard InChI is InChI=1S/C17H24N2O2/c1-13-4-3-8-18(11-13)12-17(20)19-9-7-14-5-6-15(21-2)10-16(14)19/h5-6,10,13H,3-4,7-9,11-12H2,1-2H3/t13-/m0/s1. The van der Waals surface area contributed by atoms with Gasteiger partial charge in [0.1, 0.15) is 5.75 Å². The largest absolute Gasteiger partial charge is 0.497 e. The Morgan fingerprint density at radius 1 is 1.38 bits per heavy atom. The normalized spacial score (nSPS) is 22.2. The van der Waals surface area contributed by atoms with Crippen LogP contribution in [-0.2, 0) is 11.2 Å². The van der Waals surface area contributed by atoms with Crippen LogP contribution in [0.4, 0.5) is 5.69 Å². The van der Waals surface area contributed by atoms with Crippen molar-refractivity contribution >= 4 is 11.6 Å². The highest BCUT2D eigenvalue weighted by Crippen LogP contribution is 2.32. The highest BCUT2D eigenvalue weighted by atomic mass is 16.5. The number of hydrogen-bond acceptors (Lipinski definition) is 3. The van der Waals surface area contributed by atoms with Gasteiger partial charge in [-0.25, -0.2) is 0 Å². The first-order valence-electron chi connectivity index (χ1n) is 7.87. The Balaban J connectivity index is 1.69. The molecule has 1 fully saturated rings. The Kier molecular flexibility index (Phi) is 4.15. The van der Waals surface area contributed by atoms with Crippen molar-refractivity contribution < 1.29 is 9.53 Å². The van der Waals surface area contributed by atoms with Gasteiger partial charge in [-0.2, -0.15) is 0 Å². The van der Waals surface area contributed by atoms with Gasteiger partial charge < -0.3 is 9.64 Å². The molecule has 1 saturated heterocycles. The highest BCUT2D eigenvalue weighted by Gasteiger charge is 2.27. The Labute approximate surface area is 126 Å². The van der Waals surface area contributed by atoms with Crippen LogP contribution in [0.3, 0.4) is 0 Å². The minimum Gasteiger partial charge on any atom is -0.497 e. The predicted octanol–water partition coefficient (Wildman–Crippen LogP) is 2.32. The third-order valence-electron chi connectivity index (χ3n) is 4.59. The molecular weight excluding hydrogens is 264 g/mol. The van der Waals surface area contributed by atoms with Crippen LogP contribution in [0, 0.1) is 5.92 Å². The fourth-order valence-electron chi connectivity index (χ4n) is 3.45. The number of piperidine rings is 1. The maximum Gasteiger partial charge on any atom is 0.241 e. The first-order chi connectivity index (χ1) is 10.2. The van der Waals surface area contributed by atoms with Crippen molar-refractivity contribution in [1.29, 1.82) is 0 Å². The average Bonchev–Trinajstić information content (AvgIpc) is 2.90. The van der Waals surface area contributed by atoms with Crippen molar-refractivity contribution in [3.8, 4) is 5.75 Å². The number of carbonyl (C=O) groups excluding carboxylic acids is 1. The SMILES string of the molecule is COc1ccc2c(c1)N(C(=O)CN1CCC[C@H](C)C1)CC2. The van der Waals surface area contributed by atoms with Crippen LogP contribution in [0.1, 0.15) is 25.3 Å². The molecule has 4 heteroatoms. The molecule has 0 aromatic heterocycles. The van der Waals surface area contributed by atoms with Gasteiger partial charge in [-0.15, -0.1) is 0 Å². The van der Waals surface area contributed by atoms with E-state index in [4.69, 9.17) is 4.74 Å². The van der Waals surface area contributed by atoms with E-state index >= 15 is 0 Å². The summed E-state index contributed by atoms with van der Waals surface area (Å²) in [5.41, 5.74) is 2.28. The average molecular weight is 288 g/mol. The second-order valence-electron chi connectivity index (χ2n) is 6.27. The van der Waals surface area contributed by atoms with Gasteiger partial charge in [-0.3, -0.25) is 9.69 Å². The molecule has 0 bridgehead atoms. The molecule has 114 valence electrons. The van der Waals surface area contributed by atoms with Crippen molar-refractivity contribution in [3.63, 3.8) is 0 Å². The number of amides is 1. The molecule has 3 rings (SSSR count). The van der Waals surface area contributed by atoms with E-state index in [1.807, 2.05) is 17.0 Å². The summed E-state index contributed by atoms with van der Waals surface area (Å²) in [6, 6.07) is 6.03. The van der Waals surface area contributed by atoms with E-state index in [0.717, 1.165) is 37.5 Å². The second-order valence-corrected chi connectivity index (χ2v) is 6.27. The van der Waals surface area contributed by atoms with Crippen LogP contribution in [0.5, 0.6) is 5.75 Å². The maximum absolute atomic E-state index is 12.6. The van der Waals surface area contributed by atoms with E-state index in [1.165, 1.54) is 18.4 Å². The summed E-state index contributed by atoms with van der Waals surface area (Å²) >= 11 is 0. The van der Waals surface area contributed by atoms with Crippen molar-refractivity contribution in [2.75, 3.05) is 38.2 Å². The van der Waals surface area contributed by atoms with Gasteiger partial charge in [0.15, 0.2) is 0 Å². The minimum atomic E-state index is 0.219. The molecule has 1 atom stereocenters. The van der Waals surface area contributed by atoms with Crippen LogP contribution < -0.4 is 9.64 Å². The summed E-state index contributed by atoms with van der Waals surface area (Å²) in [5.74, 6) is 1.74. The summed E-state index contributed by atoms with van der Waals surface area (Å²) in [6.07, 6.45) is 3.44. The molecule has 1 amide bonds. The van der Waals surface area contributed by atoms with E-state index < -0.39 is 0 Å². The lowest BCUT2D eigenvalue weighted by atomic mass is 10.0. The summed E-state index contributed by atoms with van der Waals surface area (Å²) in [7, 11) is 1.66. The summed E-state index contributed by atoms with van der Waals surface area (Å²) in [5, 5.41) is 0. The summed E-state index contributed by atoms with van der Waals surface area (Å²) in [4.78, 5) is 16.9. The van der Waals surface area contributed by atoms with Gasteiger partial charge in [0.25, 0.3) is 0 Å². The molecule has 0 spiro atoms. The number of anilines is 1. The predicted molar refractivity (Wildman–Crippen MR) is 83.9 cm³/mol. The minimum absolute atomic E-state index is 0.219. The number of nitrogens with zero attached hydrogens (tertiary/aromatic N) is 2. The quantitative estimate of drug-likeness (QED) is 0.855. The first-order valence-corrected chi connectivity index (χ1v) is 7.87. The van der Waals surface area contributed by atoms with E-state index in [1.54, 1.807) is 7.11 Å². The zero-order chi connectivity index (χ0) is 14.8. The van der Waals surface area contributed by atoms with Crippen molar-refractivity contribution in [2.45, 2.75) is 26.2 Å². The topological polar surface area (TPSA) is 32.8 Å². The molecule has 21 heavy (non-hydrogen) atoms. The molecule has 1 aromatic carbocycles. The summed E-state index contributed by atoms with van der Waals surface area (Å²) < 4.78 is 5.28. The van der Waals surface area contributed by atoms with Gasteiger partial charge in [-0.05, 0) is 43.4 Å². The van der Waals surface area contributed by atoms with E-state index in [2.05, 4.69) is 17.9 Å². The van der Waals surface area contributed by atoms with Gasteiger partial charge in [0.2, 0.25) is 5.91 Å². The van der Waals surface area contributed by atoms with Gasteiger partial charge in [-0.1, -0.05) is 13.0 Å². The van der Waals surface area contributed by atoms with Crippen LogP contribution >= 0.6 is 0 Å². The van der Waals surface area contributed by atoms with Crippen LogP contribution in [0.25, 0.3) is 0 Å². The molecular formula is C17H24N2O2. The van der Waals surface area contributed by atoms with Crippen molar-refractivity contribution in [2.24, 2.45) is 5.92 Å². The maximum atomic E-state index is 12.6.